The molecule has 0 saturated carbocycles. The Morgan fingerprint density at radius 1 is 1.10 bits per heavy atom. The van der Waals surface area contributed by atoms with E-state index in [1.807, 2.05) is 0 Å². The molecule has 2 aromatic rings. The fourth-order valence-electron chi connectivity index (χ4n) is 3.82. The number of ether oxygens (including phenoxy) is 2. The number of esters is 1. The zero-order chi connectivity index (χ0) is 21.5. The molecule has 1 N–H and O–H groups in total. The molecule has 0 bridgehead atoms. The van der Waals surface area contributed by atoms with Crippen molar-refractivity contribution in [2.75, 3.05) is 19.0 Å². The van der Waals surface area contributed by atoms with Gasteiger partial charge in [0.2, 0.25) is 0 Å². The minimum atomic E-state index is -0.518. The summed E-state index contributed by atoms with van der Waals surface area (Å²) in [6.45, 7) is 2.09. The molecule has 1 amide bonds. The second kappa shape index (κ2) is 10.2. The van der Waals surface area contributed by atoms with Crippen LogP contribution in [0.5, 0.6) is 5.75 Å². The van der Waals surface area contributed by atoms with Crippen LogP contribution in [0.4, 0.5) is 5.69 Å². The lowest BCUT2D eigenvalue weighted by molar-refractivity contribution is -0.131. The summed E-state index contributed by atoms with van der Waals surface area (Å²) < 4.78 is 12.0. The number of hydrogen-bond donors (Lipinski definition) is 1. The molecule has 1 heterocycles. The second-order valence-corrected chi connectivity index (χ2v) is 7.44. The van der Waals surface area contributed by atoms with Crippen molar-refractivity contribution >= 4 is 17.6 Å². The molecular weight excluding hydrogens is 384 g/mol. The van der Waals surface area contributed by atoms with Gasteiger partial charge in [0.05, 0.1) is 12.3 Å². The van der Waals surface area contributed by atoms with Crippen LogP contribution in [-0.4, -0.2) is 30.2 Å². The van der Waals surface area contributed by atoms with E-state index in [0.717, 1.165) is 49.8 Å². The van der Waals surface area contributed by atoms with Crippen molar-refractivity contribution in [1.29, 1.82) is 0 Å². The summed E-state index contributed by atoms with van der Waals surface area (Å²) in [7, 11) is 1.59. The van der Waals surface area contributed by atoms with E-state index in [-0.39, 0.29) is 16.9 Å². The van der Waals surface area contributed by atoms with E-state index in [4.69, 9.17) is 9.47 Å². The maximum Gasteiger partial charge on any atom is 0.308 e. The van der Waals surface area contributed by atoms with Gasteiger partial charge in [-0.05, 0) is 49.4 Å². The fraction of sp³-hybridized carbons (Fsp3) is 0.435. The normalized spacial score (nSPS) is 13.7. The molecule has 7 heteroatoms. The van der Waals surface area contributed by atoms with Crippen LogP contribution < -0.4 is 15.6 Å². The van der Waals surface area contributed by atoms with E-state index in [1.165, 1.54) is 6.92 Å². The number of aryl methyl sites for hydroxylation is 1. The predicted octanol–water partition coefficient (Wildman–Crippen LogP) is 3.33. The maximum atomic E-state index is 13.2. The van der Waals surface area contributed by atoms with Gasteiger partial charge in [-0.15, -0.1) is 0 Å². The zero-order valence-corrected chi connectivity index (χ0v) is 17.5. The van der Waals surface area contributed by atoms with Crippen molar-refractivity contribution in [2.24, 2.45) is 0 Å². The van der Waals surface area contributed by atoms with Crippen LogP contribution in [0.25, 0.3) is 0 Å². The maximum absolute atomic E-state index is 13.2. The molecule has 1 aliphatic rings. The van der Waals surface area contributed by atoms with Crippen LogP contribution in [0, 0.1) is 0 Å². The van der Waals surface area contributed by atoms with Gasteiger partial charge in [0.1, 0.15) is 5.56 Å². The highest BCUT2D eigenvalue weighted by atomic mass is 16.5. The summed E-state index contributed by atoms with van der Waals surface area (Å²) in [4.78, 5) is 37.6. The smallest absolute Gasteiger partial charge is 0.308 e. The molecule has 1 aliphatic carbocycles. The monoisotopic (exact) mass is 412 g/mol. The molecule has 0 saturated heterocycles. The third-order valence-electron chi connectivity index (χ3n) is 5.25. The Balaban J connectivity index is 1.99. The Bertz CT molecular complexity index is 980. The second-order valence-electron chi connectivity index (χ2n) is 7.44. The molecule has 160 valence electrons. The minimum Gasteiger partial charge on any atom is -0.424 e. The lowest BCUT2D eigenvalue weighted by Gasteiger charge is -2.21. The van der Waals surface area contributed by atoms with Gasteiger partial charge in [0, 0.05) is 26.3 Å². The zero-order valence-electron chi connectivity index (χ0n) is 17.5. The van der Waals surface area contributed by atoms with Gasteiger partial charge < -0.3 is 19.4 Å². The molecule has 30 heavy (non-hydrogen) atoms. The van der Waals surface area contributed by atoms with Gasteiger partial charge in [-0.25, -0.2) is 0 Å². The number of nitrogens with one attached hydrogen (secondary N) is 1. The number of carbonyl (C=O) groups is 2. The van der Waals surface area contributed by atoms with Crippen molar-refractivity contribution in [2.45, 2.75) is 52.0 Å². The summed E-state index contributed by atoms with van der Waals surface area (Å²) in [6, 6.07) is 8.38. The summed E-state index contributed by atoms with van der Waals surface area (Å²) in [6.07, 6.45) is 6.02. The minimum absolute atomic E-state index is 0.0862. The third-order valence-corrected chi connectivity index (χ3v) is 5.25. The van der Waals surface area contributed by atoms with Crippen LogP contribution >= 0.6 is 0 Å². The van der Waals surface area contributed by atoms with Crippen molar-refractivity contribution in [3.63, 3.8) is 0 Å². The van der Waals surface area contributed by atoms with E-state index < -0.39 is 11.9 Å². The Kier molecular flexibility index (Phi) is 7.41. The first-order valence-corrected chi connectivity index (χ1v) is 10.3. The van der Waals surface area contributed by atoms with Crippen LogP contribution in [0.2, 0.25) is 0 Å². The molecule has 0 fully saturated rings. The molecule has 1 aromatic carbocycles. The van der Waals surface area contributed by atoms with E-state index >= 15 is 0 Å². The molecule has 3 rings (SSSR count). The summed E-state index contributed by atoms with van der Waals surface area (Å²) in [5, 5.41) is 2.73. The van der Waals surface area contributed by atoms with Gasteiger partial charge in [-0.1, -0.05) is 25.0 Å². The van der Waals surface area contributed by atoms with E-state index in [9.17, 15) is 14.4 Å². The van der Waals surface area contributed by atoms with Gasteiger partial charge in [0.15, 0.2) is 5.75 Å². The number of amides is 1. The number of methoxy groups -OCH3 is 1. The SMILES string of the molecule is COCCn1c2c(cc(C(=O)Nc3ccccc3OC(C)=O)c1=O)CCCCCC2. The first-order chi connectivity index (χ1) is 14.5. The lowest BCUT2D eigenvalue weighted by atomic mass is 9.95. The quantitative estimate of drug-likeness (QED) is 0.581. The molecule has 0 unspecified atom stereocenters. The van der Waals surface area contributed by atoms with Crippen molar-refractivity contribution in [3.05, 3.63) is 57.5 Å². The molecule has 0 spiro atoms. The van der Waals surface area contributed by atoms with Crippen LogP contribution in [0.3, 0.4) is 0 Å². The van der Waals surface area contributed by atoms with E-state index in [2.05, 4.69) is 5.32 Å². The van der Waals surface area contributed by atoms with Gasteiger partial charge in [-0.2, -0.15) is 0 Å². The average molecular weight is 412 g/mol. The van der Waals surface area contributed by atoms with E-state index in [0.29, 0.717) is 18.8 Å². The standard InChI is InChI=1S/C23H28N2O5/c1-16(26)30-21-12-8-7-10-19(21)24-22(27)18-15-17-9-5-3-4-6-11-20(17)25(23(18)28)13-14-29-2/h7-8,10,12,15H,3-6,9,11,13-14H2,1-2H3,(H,24,27). The summed E-state index contributed by atoms with van der Waals surface area (Å²) >= 11 is 0. The van der Waals surface area contributed by atoms with Crippen LogP contribution in [0.15, 0.2) is 35.1 Å². The number of benzene rings is 1. The predicted molar refractivity (Wildman–Crippen MR) is 114 cm³/mol. The van der Waals surface area contributed by atoms with E-state index in [1.54, 1.807) is 42.0 Å². The van der Waals surface area contributed by atoms with Gasteiger partial charge in [-0.3, -0.25) is 14.4 Å². The van der Waals surface area contributed by atoms with Gasteiger partial charge >= 0.3 is 5.97 Å². The Hall–Kier alpha value is -2.93. The lowest BCUT2D eigenvalue weighted by Crippen LogP contribution is -2.33. The highest BCUT2D eigenvalue weighted by Gasteiger charge is 2.21. The number of para-hydroxylation sites is 2. The Labute approximate surface area is 176 Å². The highest BCUT2D eigenvalue weighted by molar-refractivity contribution is 6.05. The highest BCUT2D eigenvalue weighted by Crippen LogP contribution is 2.25. The molecule has 0 atom stereocenters. The molecule has 1 aromatic heterocycles. The first-order valence-electron chi connectivity index (χ1n) is 10.3. The average Bonchev–Trinajstić information content (AvgIpc) is 2.69. The number of aromatic nitrogens is 1. The van der Waals surface area contributed by atoms with Crippen LogP contribution in [-0.2, 0) is 28.9 Å². The number of rotatable bonds is 6. The number of pyridine rings is 1. The molecule has 7 nitrogen and oxygen atoms in total. The first kappa shape index (κ1) is 21.8. The van der Waals surface area contributed by atoms with Crippen molar-refractivity contribution in [1.82, 2.24) is 4.57 Å². The number of carbonyl (C=O) groups excluding carboxylic acids is 2. The number of nitrogens with zero attached hydrogens (tertiary/aromatic N) is 1. The molecule has 0 aliphatic heterocycles. The number of hydrogen-bond acceptors (Lipinski definition) is 5. The molecular formula is C23H28N2O5. The van der Waals surface area contributed by atoms with Crippen molar-refractivity contribution in [3.8, 4) is 5.75 Å². The Morgan fingerprint density at radius 2 is 1.83 bits per heavy atom. The van der Waals surface area contributed by atoms with Crippen LogP contribution in [0.1, 0.15) is 54.2 Å². The summed E-state index contributed by atoms with van der Waals surface area (Å²) in [5.74, 6) is -0.764. The third kappa shape index (κ3) is 5.16. The number of anilines is 1. The van der Waals surface area contributed by atoms with Crippen molar-refractivity contribution < 1.29 is 19.1 Å². The summed E-state index contributed by atoms with van der Waals surface area (Å²) in [5.41, 5.74) is 2.15. The number of fused-ring (bicyclic) bond motifs is 1. The fourth-order valence-corrected chi connectivity index (χ4v) is 3.82. The topological polar surface area (TPSA) is 86.6 Å². The largest absolute Gasteiger partial charge is 0.424 e. The molecule has 0 radical (unpaired) electrons. The van der Waals surface area contributed by atoms with Gasteiger partial charge in [0.25, 0.3) is 11.5 Å². The Morgan fingerprint density at radius 3 is 2.57 bits per heavy atom.